The summed E-state index contributed by atoms with van der Waals surface area (Å²) in [7, 11) is 2.01. The molecule has 0 saturated carbocycles. The Kier molecular flexibility index (Phi) is 5.59. The third-order valence-electron chi connectivity index (χ3n) is 4.39. The molecule has 0 aromatic carbocycles. The summed E-state index contributed by atoms with van der Waals surface area (Å²) in [5, 5.41) is 0. The van der Waals surface area contributed by atoms with Gasteiger partial charge in [-0.3, -0.25) is 9.69 Å². The molecular formula is C17H28N2O2. The van der Waals surface area contributed by atoms with Crippen LogP contribution in [0.25, 0.3) is 0 Å². The molecule has 4 nitrogen and oxygen atoms in total. The number of rotatable bonds is 6. The van der Waals surface area contributed by atoms with E-state index in [9.17, 15) is 4.79 Å². The van der Waals surface area contributed by atoms with E-state index in [4.69, 9.17) is 4.74 Å². The van der Waals surface area contributed by atoms with E-state index in [0.29, 0.717) is 12.6 Å². The zero-order valence-corrected chi connectivity index (χ0v) is 13.8. The predicted molar refractivity (Wildman–Crippen MR) is 85.0 cm³/mol. The maximum Gasteiger partial charge on any atom is 0.178 e. The van der Waals surface area contributed by atoms with E-state index in [0.717, 1.165) is 43.1 Å². The topological polar surface area (TPSA) is 34.5 Å². The van der Waals surface area contributed by atoms with Crippen molar-refractivity contribution in [2.45, 2.75) is 52.7 Å². The molecule has 1 atom stereocenters. The maximum atomic E-state index is 12.5. The lowest BCUT2D eigenvalue weighted by molar-refractivity contribution is -0.000671. The van der Waals surface area contributed by atoms with Crippen LogP contribution in [0.15, 0.2) is 6.07 Å². The Bertz CT molecular complexity index is 487. The fourth-order valence-electron chi connectivity index (χ4n) is 3.26. The number of ketones is 1. The fraction of sp³-hybridized carbons (Fsp3) is 0.706. The Morgan fingerprint density at radius 3 is 2.76 bits per heavy atom. The molecule has 1 unspecified atom stereocenters. The van der Waals surface area contributed by atoms with Crippen LogP contribution in [0.4, 0.5) is 0 Å². The summed E-state index contributed by atoms with van der Waals surface area (Å²) in [6, 6.07) is 2.02. The van der Waals surface area contributed by atoms with Crippen molar-refractivity contribution in [2.24, 2.45) is 0 Å². The summed E-state index contributed by atoms with van der Waals surface area (Å²) < 4.78 is 7.94. The second-order valence-corrected chi connectivity index (χ2v) is 6.14. The Labute approximate surface area is 128 Å². The highest BCUT2D eigenvalue weighted by atomic mass is 16.5. The number of ether oxygens (including phenoxy) is 1. The summed E-state index contributed by atoms with van der Waals surface area (Å²) in [6.07, 6.45) is 3.81. The molecule has 1 aliphatic rings. The van der Waals surface area contributed by atoms with Crippen LogP contribution < -0.4 is 0 Å². The first-order valence-electron chi connectivity index (χ1n) is 8.03. The molecule has 0 N–H and O–H groups in total. The number of aromatic nitrogens is 1. The van der Waals surface area contributed by atoms with Crippen molar-refractivity contribution in [1.82, 2.24) is 9.47 Å². The maximum absolute atomic E-state index is 12.5. The third kappa shape index (κ3) is 3.95. The SMILES string of the molecule is CCn1c(C)cc(C(=O)CN(C)CC2CCCCO2)c1C. The minimum Gasteiger partial charge on any atom is -0.377 e. The van der Waals surface area contributed by atoms with E-state index in [1.807, 2.05) is 20.0 Å². The van der Waals surface area contributed by atoms with Gasteiger partial charge in [-0.1, -0.05) is 0 Å². The van der Waals surface area contributed by atoms with Crippen molar-refractivity contribution < 1.29 is 9.53 Å². The Hall–Kier alpha value is -1.13. The number of Topliss-reactive ketones (excluding diaryl/α,β-unsaturated/α-hetero) is 1. The van der Waals surface area contributed by atoms with Gasteiger partial charge in [0.15, 0.2) is 5.78 Å². The van der Waals surface area contributed by atoms with Crippen molar-refractivity contribution in [3.63, 3.8) is 0 Å². The zero-order chi connectivity index (χ0) is 15.4. The van der Waals surface area contributed by atoms with Gasteiger partial charge in [0.1, 0.15) is 0 Å². The number of hydrogen-bond donors (Lipinski definition) is 0. The zero-order valence-electron chi connectivity index (χ0n) is 13.8. The van der Waals surface area contributed by atoms with Crippen molar-refractivity contribution in [3.05, 3.63) is 23.0 Å². The van der Waals surface area contributed by atoms with Crippen LogP contribution in [0.1, 0.15) is 47.9 Å². The van der Waals surface area contributed by atoms with Gasteiger partial charge in [0.25, 0.3) is 0 Å². The normalized spacial score (nSPS) is 19.2. The summed E-state index contributed by atoms with van der Waals surface area (Å²) in [4.78, 5) is 14.6. The summed E-state index contributed by atoms with van der Waals surface area (Å²) >= 11 is 0. The number of carbonyl (C=O) groups excluding carboxylic acids is 1. The van der Waals surface area contributed by atoms with E-state index in [1.165, 1.54) is 12.8 Å². The highest BCUT2D eigenvalue weighted by molar-refractivity contribution is 5.99. The highest BCUT2D eigenvalue weighted by Crippen LogP contribution is 2.17. The van der Waals surface area contributed by atoms with E-state index in [-0.39, 0.29) is 5.78 Å². The molecule has 1 fully saturated rings. The van der Waals surface area contributed by atoms with Crippen LogP contribution in [0.2, 0.25) is 0 Å². The van der Waals surface area contributed by atoms with E-state index >= 15 is 0 Å². The van der Waals surface area contributed by atoms with Gasteiger partial charge in [0.05, 0.1) is 12.6 Å². The molecule has 118 valence electrons. The Morgan fingerprint density at radius 2 is 2.19 bits per heavy atom. The van der Waals surface area contributed by atoms with Gasteiger partial charge in [-0.05, 0) is 53.1 Å². The van der Waals surface area contributed by atoms with Crippen molar-refractivity contribution in [3.8, 4) is 0 Å². The lowest BCUT2D eigenvalue weighted by atomic mass is 10.1. The van der Waals surface area contributed by atoms with E-state index < -0.39 is 0 Å². The Balaban J connectivity index is 1.94. The molecule has 0 aliphatic carbocycles. The van der Waals surface area contributed by atoms with Crippen LogP contribution in [0.5, 0.6) is 0 Å². The molecular weight excluding hydrogens is 264 g/mol. The second kappa shape index (κ2) is 7.23. The minimum absolute atomic E-state index is 0.209. The lowest BCUT2D eigenvalue weighted by Gasteiger charge is -2.27. The summed E-state index contributed by atoms with van der Waals surface area (Å²) in [5.74, 6) is 0.209. The monoisotopic (exact) mass is 292 g/mol. The van der Waals surface area contributed by atoms with Crippen LogP contribution >= 0.6 is 0 Å². The molecule has 1 aliphatic heterocycles. The first-order valence-corrected chi connectivity index (χ1v) is 8.03. The second-order valence-electron chi connectivity index (χ2n) is 6.14. The van der Waals surface area contributed by atoms with Crippen LogP contribution in [-0.4, -0.2) is 48.1 Å². The van der Waals surface area contributed by atoms with Crippen molar-refractivity contribution >= 4 is 5.78 Å². The van der Waals surface area contributed by atoms with Gasteiger partial charge in [-0.2, -0.15) is 0 Å². The Morgan fingerprint density at radius 1 is 1.43 bits per heavy atom. The van der Waals surface area contributed by atoms with Crippen LogP contribution in [0.3, 0.4) is 0 Å². The van der Waals surface area contributed by atoms with Crippen LogP contribution in [-0.2, 0) is 11.3 Å². The average molecular weight is 292 g/mol. The molecule has 0 spiro atoms. The molecule has 0 radical (unpaired) electrons. The quantitative estimate of drug-likeness (QED) is 0.756. The van der Waals surface area contributed by atoms with Crippen molar-refractivity contribution in [1.29, 1.82) is 0 Å². The van der Waals surface area contributed by atoms with E-state index in [1.54, 1.807) is 0 Å². The average Bonchev–Trinajstić information content (AvgIpc) is 2.74. The molecule has 4 heteroatoms. The molecule has 1 saturated heterocycles. The molecule has 0 amide bonds. The first kappa shape index (κ1) is 16.2. The van der Waals surface area contributed by atoms with Crippen LogP contribution in [0, 0.1) is 13.8 Å². The number of aryl methyl sites for hydroxylation is 1. The molecule has 21 heavy (non-hydrogen) atoms. The number of hydrogen-bond acceptors (Lipinski definition) is 3. The van der Waals surface area contributed by atoms with Gasteiger partial charge in [-0.25, -0.2) is 0 Å². The van der Waals surface area contributed by atoms with Crippen molar-refractivity contribution in [2.75, 3.05) is 26.7 Å². The smallest absolute Gasteiger partial charge is 0.178 e. The molecule has 2 rings (SSSR count). The molecule has 1 aromatic heterocycles. The van der Waals surface area contributed by atoms with Gasteiger partial charge in [0, 0.05) is 36.6 Å². The molecule has 1 aromatic rings. The number of likely N-dealkylation sites (N-methyl/N-ethyl adjacent to an activating group) is 1. The lowest BCUT2D eigenvalue weighted by Crippen LogP contribution is -2.36. The van der Waals surface area contributed by atoms with Gasteiger partial charge in [0.2, 0.25) is 0 Å². The van der Waals surface area contributed by atoms with E-state index in [2.05, 4.69) is 23.3 Å². The third-order valence-corrected chi connectivity index (χ3v) is 4.39. The van der Waals surface area contributed by atoms with Gasteiger partial charge < -0.3 is 9.30 Å². The highest BCUT2D eigenvalue weighted by Gasteiger charge is 2.20. The van der Waals surface area contributed by atoms with Gasteiger partial charge >= 0.3 is 0 Å². The number of nitrogens with zero attached hydrogens (tertiary/aromatic N) is 2. The predicted octanol–water partition coefficient (Wildman–Crippen LogP) is 2.81. The summed E-state index contributed by atoms with van der Waals surface area (Å²) in [6.45, 7) is 9.30. The first-order chi connectivity index (χ1) is 10.0. The standard InChI is InChI=1S/C17H28N2O2/c1-5-19-13(2)10-16(14(19)3)17(20)12-18(4)11-15-8-6-7-9-21-15/h10,15H,5-9,11-12H2,1-4H3. The van der Waals surface area contributed by atoms with Gasteiger partial charge in [-0.15, -0.1) is 0 Å². The number of carbonyl (C=O) groups is 1. The molecule has 2 heterocycles. The minimum atomic E-state index is 0.209. The molecule has 0 bridgehead atoms. The largest absolute Gasteiger partial charge is 0.377 e. The fourth-order valence-corrected chi connectivity index (χ4v) is 3.26. The summed E-state index contributed by atoms with van der Waals surface area (Å²) in [5.41, 5.74) is 3.12.